The number of Topliss-reactive ketones (excluding diaryl/α,β-unsaturated/α-hetero) is 2. The van der Waals surface area contributed by atoms with Crippen molar-refractivity contribution in [1.29, 1.82) is 0 Å². The third-order valence-corrected chi connectivity index (χ3v) is 18.2. The summed E-state index contributed by atoms with van der Waals surface area (Å²) in [5.74, 6) is -3.20. The van der Waals surface area contributed by atoms with E-state index in [1.165, 1.54) is 64.8 Å². The van der Waals surface area contributed by atoms with Crippen LogP contribution in [0.1, 0.15) is 213 Å². The summed E-state index contributed by atoms with van der Waals surface area (Å²) in [4.78, 5) is 99.4. The normalized spacial score (nSPS) is 16.6. The Bertz CT molecular complexity index is 3210. The van der Waals surface area contributed by atoms with E-state index in [0.717, 1.165) is 69.5 Å². The number of carbonyl (C=O) groups excluding carboxylic acids is 5. The zero-order valence-corrected chi connectivity index (χ0v) is 56.0. The highest BCUT2D eigenvalue weighted by atomic mass is 16.5. The molecule has 18 nitrogen and oxygen atoms in total. The van der Waals surface area contributed by atoms with Gasteiger partial charge in [0.15, 0.2) is 11.5 Å². The Morgan fingerprint density at radius 3 is 1.89 bits per heavy atom. The molecule has 7 N–H and O–H groups in total. The molecule has 0 spiro atoms. The highest BCUT2D eigenvalue weighted by Crippen LogP contribution is 2.48. The van der Waals surface area contributed by atoms with Gasteiger partial charge in [-0.05, 0) is 158 Å². The minimum Gasteiger partial charge on any atom is -0.481 e. The van der Waals surface area contributed by atoms with Crippen molar-refractivity contribution in [1.82, 2.24) is 21.3 Å². The van der Waals surface area contributed by atoms with Crippen LogP contribution in [0.5, 0.6) is 5.75 Å². The fourth-order valence-corrected chi connectivity index (χ4v) is 12.9. The second-order valence-corrected chi connectivity index (χ2v) is 26.2. The minimum atomic E-state index is -1.27. The van der Waals surface area contributed by atoms with Gasteiger partial charge in [0.1, 0.15) is 29.9 Å². The summed E-state index contributed by atoms with van der Waals surface area (Å²) in [5.41, 5.74) is 9.68. The third-order valence-electron chi connectivity index (χ3n) is 18.2. The number of carbonyl (C=O) groups is 8. The number of unbranched alkanes of at least 4 members (excludes halogenated alkanes) is 9. The number of anilines is 1. The van der Waals surface area contributed by atoms with Crippen LogP contribution in [0.3, 0.4) is 0 Å². The van der Waals surface area contributed by atoms with E-state index in [-0.39, 0.29) is 67.0 Å². The maximum atomic E-state index is 13.0. The van der Waals surface area contributed by atoms with Crippen molar-refractivity contribution < 1.29 is 63.0 Å². The minimum absolute atomic E-state index is 0.0248. The van der Waals surface area contributed by atoms with Gasteiger partial charge in [0.05, 0.1) is 17.4 Å². The number of hydrogen-bond donors (Lipinski definition) is 7. The lowest BCUT2D eigenvalue weighted by atomic mass is 9.81. The summed E-state index contributed by atoms with van der Waals surface area (Å²) in [7, 11) is 0. The van der Waals surface area contributed by atoms with Crippen molar-refractivity contribution in [3.8, 4) is 5.75 Å². The van der Waals surface area contributed by atoms with E-state index in [0.29, 0.717) is 77.3 Å². The van der Waals surface area contributed by atoms with Gasteiger partial charge >= 0.3 is 23.9 Å². The molecule has 18 heteroatoms. The molecule has 3 aliphatic rings. The molecular formula is C75H103N6O12+. The molecule has 0 radical (unpaired) electrons. The van der Waals surface area contributed by atoms with Gasteiger partial charge in [0.2, 0.25) is 17.5 Å². The first kappa shape index (κ1) is 73.9. The lowest BCUT2D eigenvalue weighted by Gasteiger charge is -2.27. The molecule has 0 aromatic heterocycles. The SMILES string of the molecule is CCCCC[N+]1=C(C=CC2=C(Oc3ccccc3)C(=CC=C3N(CCCCCC(=O)NCCCCC(CC(=O)CCCCCCC(=O)NCCCC[C@H](NC(=O)N[C@@H](CCC(=O)O)C(C)=O)C(=O)O)C(=O)O)c4ccccc4C3(C)C)CCC2)C(C)(C)c2ccccc21. The number of rotatable bonds is 42. The summed E-state index contributed by atoms with van der Waals surface area (Å²) < 4.78 is 9.44. The van der Waals surface area contributed by atoms with Gasteiger partial charge in [-0.15, -0.1) is 0 Å². The number of urea groups is 1. The predicted molar refractivity (Wildman–Crippen MR) is 364 cm³/mol. The standard InChI is InChI=1S/C75H102N6O12/c1-7-8-26-50-80-63-38-20-18-35-59(63)74(3,4)65(80)45-42-54-30-28-31-55(70(54)93-58-33-14-11-15-34-58)43-46-66-75(5,6)60-36-19-21-39-64(60)81(66)51-27-12-17-41-68(85)76-48-24-22-29-56(71(88)89)52-57(83)32-13-9-10-16-40-67(84)77-49-25-23-37-62(72(90)91)79-73(92)78-61(53(2)82)44-47-69(86)87/h11,14-15,18-21,33-36,38-39,42-43,45-46,56,61-62H,7-10,12-13,16-17,22-32,37,40-41,44,47-52H2,1-6H3,(H6-,76,77,78,79,84,85,86,87,88,89,90,91,92)/p+1/t56?,61-,62-/m0/s1. The van der Waals surface area contributed by atoms with Crippen molar-refractivity contribution in [2.45, 2.75) is 225 Å². The van der Waals surface area contributed by atoms with Crippen molar-refractivity contribution in [3.63, 3.8) is 0 Å². The Morgan fingerprint density at radius 1 is 0.613 bits per heavy atom. The molecule has 2 heterocycles. The van der Waals surface area contributed by atoms with E-state index in [1.54, 1.807) is 0 Å². The number of carboxylic acids is 3. The highest BCUT2D eigenvalue weighted by Gasteiger charge is 2.44. The molecule has 6 rings (SSSR count). The number of carboxylic acid groups (broad SMARTS) is 3. The molecule has 504 valence electrons. The topological polar surface area (TPSA) is 261 Å². The molecule has 4 amide bonds. The number of allylic oxidation sites excluding steroid dienone is 7. The zero-order chi connectivity index (χ0) is 67.3. The molecule has 0 bridgehead atoms. The van der Waals surface area contributed by atoms with Crippen LogP contribution in [-0.2, 0) is 44.4 Å². The highest BCUT2D eigenvalue weighted by molar-refractivity contribution is 6.03. The Balaban J connectivity index is 0.897. The molecule has 1 aliphatic carbocycles. The lowest BCUT2D eigenvalue weighted by Crippen LogP contribution is -2.50. The van der Waals surface area contributed by atoms with Crippen LogP contribution >= 0.6 is 0 Å². The van der Waals surface area contributed by atoms with Crippen molar-refractivity contribution in [2.24, 2.45) is 5.92 Å². The molecule has 2 aliphatic heterocycles. The Kier molecular flexibility index (Phi) is 29.8. The number of fused-ring (bicyclic) bond motifs is 2. The van der Waals surface area contributed by atoms with E-state index in [1.807, 2.05) is 30.3 Å². The maximum absolute atomic E-state index is 13.0. The van der Waals surface area contributed by atoms with Crippen molar-refractivity contribution >= 4 is 64.4 Å². The van der Waals surface area contributed by atoms with E-state index in [9.17, 15) is 48.6 Å². The second kappa shape index (κ2) is 37.5. The lowest BCUT2D eigenvalue weighted by molar-refractivity contribution is -0.438. The second-order valence-electron chi connectivity index (χ2n) is 26.2. The van der Waals surface area contributed by atoms with Crippen molar-refractivity contribution in [3.05, 3.63) is 137 Å². The Hall–Kier alpha value is -8.15. The van der Waals surface area contributed by atoms with Crippen LogP contribution in [0, 0.1) is 5.92 Å². The van der Waals surface area contributed by atoms with Crippen molar-refractivity contribution in [2.75, 3.05) is 31.1 Å². The van der Waals surface area contributed by atoms with Crippen LogP contribution in [0.15, 0.2) is 126 Å². The maximum Gasteiger partial charge on any atom is 0.326 e. The smallest absolute Gasteiger partial charge is 0.326 e. The number of amides is 4. The van der Waals surface area contributed by atoms with Crippen LogP contribution in [-0.4, -0.2) is 111 Å². The van der Waals surface area contributed by atoms with Gasteiger partial charge in [-0.3, -0.25) is 28.8 Å². The molecular weight excluding hydrogens is 1180 g/mol. The Morgan fingerprint density at radius 2 is 1.24 bits per heavy atom. The quantitative estimate of drug-likeness (QED) is 0.0206. The van der Waals surface area contributed by atoms with Gasteiger partial charge < -0.3 is 46.2 Å². The summed E-state index contributed by atoms with van der Waals surface area (Å²) >= 11 is 0. The first-order chi connectivity index (χ1) is 44.6. The predicted octanol–water partition coefficient (Wildman–Crippen LogP) is 13.6. The van der Waals surface area contributed by atoms with Gasteiger partial charge in [0.25, 0.3) is 0 Å². The van der Waals surface area contributed by atoms with E-state index >= 15 is 0 Å². The number of nitrogens with one attached hydrogen (secondary N) is 4. The fraction of sp³-hybridized carbons (Fsp3) is 0.533. The average molecular weight is 1280 g/mol. The van der Waals surface area contributed by atoms with E-state index < -0.39 is 47.7 Å². The van der Waals surface area contributed by atoms with Gasteiger partial charge in [-0.1, -0.05) is 114 Å². The van der Waals surface area contributed by atoms with Gasteiger partial charge in [-0.25, -0.2) is 9.59 Å². The molecule has 3 aromatic rings. The van der Waals surface area contributed by atoms with Crippen LogP contribution < -0.4 is 30.9 Å². The molecule has 0 fully saturated rings. The molecule has 1 unspecified atom stereocenters. The zero-order valence-electron chi connectivity index (χ0n) is 56.0. The molecule has 3 aromatic carbocycles. The van der Waals surface area contributed by atoms with Crippen LogP contribution in [0.25, 0.3) is 0 Å². The number of hydrogen-bond acceptors (Lipinski definition) is 10. The molecule has 93 heavy (non-hydrogen) atoms. The summed E-state index contributed by atoms with van der Waals surface area (Å²) in [6.07, 6.45) is 23.6. The molecule has 0 saturated carbocycles. The summed E-state index contributed by atoms with van der Waals surface area (Å²) in [5, 5.41) is 38.8. The average Bonchev–Trinajstić information content (AvgIpc) is 1.61. The number of aliphatic carboxylic acids is 3. The van der Waals surface area contributed by atoms with Crippen LogP contribution in [0.2, 0.25) is 0 Å². The number of para-hydroxylation sites is 3. The van der Waals surface area contributed by atoms with Gasteiger partial charge in [0, 0.05) is 92.7 Å². The molecule has 0 saturated heterocycles. The third kappa shape index (κ3) is 22.8. The fourth-order valence-electron chi connectivity index (χ4n) is 12.9. The first-order valence-electron chi connectivity index (χ1n) is 34.1. The first-order valence-corrected chi connectivity index (χ1v) is 34.1. The van der Waals surface area contributed by atoms with Crippen LogP contribution in [0.4, 0.5) is 16.2 Å². The summed E-state index contributed by atoms with van der Waals surface area (Å²) in [6.45, 7) is 15.3. The summed E-state index contributed by atoms with van der Waals surface area (Å²) in [6, 6.07) is 24.4. The number of ether oxygens (including phenoxy) is 1. The number of ketones is 2. The van der Waals surface area contributed by atoms with E-state index in [2.05, 4.69) is 138 Å². The largest absolute Gasteiger partial charge is 0.481 e. The van der Waals surface area contributed by atoms with E-state index in [4.69, 9.17) is 9.84 Å². The monoisotopic (exact) mass is 1280 g/mol. The van der Waals surface area contributed by atoms with Gasteiger partial charge in [-0.2, -0.15) is 4.58 Å². The number of benzene rings is 3. The molecule has 3 atom stereocenters. The Labute approximate surface area is 550 Å². The number of nitrogens with zero attached hydrogens (tertiary/aromatic N) is 2.